The smallest absolute Gasteiger partial charge is 0.271 e. The second-order valence-electron chi connectivity index (χ2n) is 5.80. The van der Waals surface area contributed by atoms with Crippen LogP contribution in [-0.4, -0.2) is 51.1 Å². The number of nitrogens with one attached hydrogen (secondary N) is 1. The molecule has 1 fully saturated rings. The predicted octanol–water partition coefficient (Wildman–Crippen LogP) is 2.23. The van der Waals surface area contributed by atoms with Gasteiger partial charge in [-0.3, -0.25) is 4.79 Å². The highest BCUT2D eigenvalue weighted by atomic mass is 79.9. The quantitative estimate of drug-likeness (QED) is 0.557. The van der Waals surface area contributed by atoms with Gasteiger partial charge in [-0.1, -0.05) is 34.1 Å². The maximum absolute atomic E-state index is 12.7. The first-order valence-electron chi connectivity index (χ1n) is 8.24. The molecule has 0 bridgehead atoms. The number of sulfonamides is 1. The van der Waals surface area contributed by atoms with Crippen molar-refractivity contribution in [2.45, 2.75) is 4.90 Å². The summed E-state index contributed by atoms with van der Waals surface area (Å²) in [5.41, 5.74) is 3.44. The van der Waals surface area contributed by atoms with Crippen LogP contribution in [0.5, 0.6) is 0 Å². The highest BCUT2D eigenvalue weighted by Gasteiger charge is 2.26. The van der Waals surface area contributed by atoms with Crippen LogP contribution in [-0.2, 0) is 14.8 Å². The molecule has 27 heavy (non-hydrogen) atoms. The molecule has 3 rings (SSSR count). The van der Waals surface area contributed by atoms with Crippen molar-refractivity contribution in [3.8, 4) is 0 Å². The van der Waals surface area contributed by atoms with E-state index in [0.717, 1.165) is 10.0 Å². The van der Waals surface area contributed by atoms with Crippen LogP contribution < -0.4 is 5.43 Å². The zero-order chi connectivity index (χ0) is 19.3. The van der Waals surface area contributed by atoms with E-state index in [0.29, 0.717) is 26.3 Å². The number of carbonyl (C=O) groups is 1. The van der Waals surface area contributed by atoms with Crippen LogP contribution in [0, 0.1) is 0 Å². The first kappa shape index (κ1) is 19.7. The second kappa shape index (κ2) is 8.75. The zero-order valence-corrected chi connectivity index (χ0v) is 16.7. The average molecular weight is 452 g/mol. The minimum Gasteiger partial charge on any atom is -0.379 e. The largest absolute Gasteiger partial charge is 0.379 e. The lowest BCUT2D eigenvalue weighted by Crippen LogP contribution is -2.40. The van der Waals surface area contributed by atoms with Crippen molar-refractivity contribution in [1.82, 2.24) is 9.73 Å². The molecule has 2 aromatic rings. The molecular formula is C18H18BrN3O4S. The molecule has 2 aromatic carbocycles. The maximum atomic E-state index is 12.7. The van der Waals surface area contributed by atoms with Gasteiger partial charge in [-0.15, -0.1) is 0 Å². The Balaban J connectivity index is 1.72. The average Bonchev–Trinajstić information content (AvgIpc) is 2.69. The molecule has 0 aromatic heterocycles. The van der Waals surface area contributed by atoms with E-state index in [1.165, 1.54) is 22.7 Å². The van der Waals surface area contributed by atoms with Crippen molar-refractivity contribution in [2.24, 2.45) is 5.10 Å². The van der Waals surface area contributed by atoms with Crippen LogP contribution in [0.2, 0.25) is 0 Å². The van der Waals surface area contributed by atoms with Crippen molar-refractivity contribution >= 4 is 38.1 Å². The lowest BCUT2D eigenvalue weighted by molar-refractivity contribution is 0.0730. The molecule has 0 spiro atoms. The third kappa shape index (κ3) is 5.01. The standard InChI is InChI=1S/C18H18BrN3O4S/c19-16-5-1-3-14(11-16)13-20-21-18(23)15-4-2-6-17(12-15)27(24,25)22-7-9-26-10-8-22/h1-6,11-13H,7-10H2,(H,21,23)/b20-13-. The molecule has 1 heterocycles. The fourth-order valence-electron chi connectivity index (χ4n) is 2.55. The monoisotopic (exact) mass is 451 g/mol. The molecule has 0 radical (unpaired) electrons. The summed E-state index contributed by atoms with van der Waals surface area (Å²) in [6, 6.07) is 13.4. The number of amides is 1. The molecule has 1 saturated heterocycles. The molecule has 0 saturated carbocycles. The molecule has 0 aliphatic carbocycles. The number of ether oxygens (including phenoxy) is 1. The van der Waals surface area contributed by atoms with Gasteiger partial charge in [-0.25, -0.2) is 13.8 Å². The molecule has 0 unspecified atom stereocenters. The van der Waals surface area contributed by atoms with Crippen LogP contribution in [0.1, 0.15) is 15.9 Å². The molecule has 142 valence electrons. The summed E-state index contributed by atoms with van der Waals surface area (Å²) in [5, 5.41) is 3.92. The molecule has 1 aliphatic rings. The van der Waals surface area contributed by atoms with E-state index in [4.69, 9.17) is 4.74 Å². The van der Waals surface area contributed by atoms with Gasteiger partial charge in [-0.2, -0.15) is 9.41 Å². The first-order chi connectivity index (χ1) is 13.0. The Morgan fingerprint density at radius 3 is 2.63 bits per heavy atom. The van der Waals surface area contributed by atoms with Crippen LogP contribution in [0.15, 0.2) is 63.0 Å². The Labute approximate surface area is 166 Å². The third-order valence-electron chi connectivity index (χ3n) is 3.93. The van der Waals surface area contributed by atoms with Crippen molar-refractivity contribution in [2.75, 3.05) is 26.3 Å². The van der Waals surface area contributed by atoms with Gasteiger partial charge < -0.3 is 4.74 Å². The zero-order valence-electron chi connectivity index (χ0n) is 14.3. The maximum Gasteiger partial charge on any atom is 0.271 e. The number of morpholine rings is 1. The van der Waals surface area contributed by atoms with E-state index in [9.17, 15) is 13.2 Å². The van der Waals surface area contributed by atoms with Crippen molar-refractivity contribution in [3.63, 3.8) is 0 Å². The van der Waals surface area contributed by atoms with Crippen LogP contribution in [0.25, 0.3) is 0 Å². The van der Waals surface area contributed by atoms with E-state index in [-0.39, 0.29) is 10.5 Å². The van der Waals surface area contributed by atoms with Gasteiger partial charge in [0.2, 0.25) is 10.0 Å². The van der Waals surface area contributed by atoms with Crippen molar-refractivity contribution in [3.05, 3.63) is 64.1 Å². The van der Waals surface area contributed by atoms with Gasteiger partial charge >= 0.3 is 0 Å². The summed E-state index contributed by atoms with van der Waals surface area (Å²) in [5.74, 6) is -0.486. The summed E-state index contributed by atoms with van der Waals surface area (Å²) in [7, 11) is -3.66. The Hall–Kier alpha value is -2.07. The minimum absolute atomic E-state index is 0.0769. The Morgan fingerprint density at radius 1 is 1.15 bits per heavy atom. The molecule has 1 aliphatic heterocycles. The number of rotatable bonds is 5. The van der Waals surface area contributed by atoms with Gasteiger partial charge in [0.1, 0.15) is 0 Å². The summed E-state index contributed by atoms with van der Waals surface area (Å²) in [4.78, 5) is 12.4. The van der Waals surface area contributed by atoms with Gasteiger partial charge in [0.25, 0.3) is 5.91 Å². The van der Waals surface area contributed by atoms with Crippen LogP contribution in [0.4, 0.5) is 0 Å². The molecular weight excluding hydrogens is 434 g/mol. The summed E-state index contributed by atoms with van der Waals surface area (Å²) >= 11 is 3.36. The normalized spacial score (nSPS) is 15.7. The molecule has 1 N–H and O–H groups in total. The van der Waals surface area contributed by atoms with E-state index < -0.39 is 15.9 Å². The van der Waals surface area contributed by atoms with Crippen LogP contribution >= 0.6 is 15.9 Å². The summed E-state index contributed by atoms with van der Waals surface area (Å²) in [6.45, 7) is 1.33. The van der Waals surface area contributed by atoms with Crippen molar-refractivity contribution < 1.29 is 17.9 Å². The van der Waals surface area contributed by atoms with Gasteiger partial charge in [-0.05, 0) is 35.9 Å². The number of nitrogens with zero attached hydrogens (tertiary/aromatic N) is 2. The number of carbonyl (C=O) groups excluding carboxylic acids is 1. The minimum atomic E-state index is -3.66. The predicted molar refractivity (Wildman–Crippen MR) is 105 cm³/mol. The fraction of sp³-hybridized carbons (Fsp3) is 0.222. The molecule has 0 atom stereocenters. The van der Waals surface area contributed by atoms with E-state index in [1.54, 1.807) is 12.1 Å². The SMILES string of the molecule is O=C(N/N=C\c1cccc(Br)c1)c1cccc(S(=O)(=O)N2CCOCC2)c1. The third-order valence-corrected chi connectivity index (χ3v) is 6.32. The Kier molecular flexibility index (Phi) is 6.38. The van der Waals surface area contributed by atoms with E-state index in [2.05, 4.69) is 26.5 Å². The summed E-state index contributed by atoms with van der Waals surface area (Å²) < 4.78 is 32.8. The van der Waals surface area contributed by atoms with Crippen LogP contribution in [0.3, 0.4) is 0 Å². The molecule has 9 heteroatoms. The lowest BCUT2D eigenvalue weighted by atomic mass is 10.2. The van der Waals surface area contributed by atoms with Crippen molar-refractivity contribution in [1.29, 1.82) is 0 Å². The number of hydrazone groups is 1. The Bertz CT molecular complexity index is 957. The second-order valence-corrected chi connectivity index (χ2v) is 8.65. The fourth-order valence-corrected chi connectivity index (χ4v) is 4.42. The number of benzene rings is 2. The number of hydrogen-bond acceptors (Lipinski definition) is 5. The van der Waals surface area contributed by atoms with Gasteiger partial charge in [0, 0.05) is 23.1 Å². The Morgan fingerprint density at radius 2 is 1.89 bits per heavy atom. The number of halogens is 1. The highest BCUT2D eigenvalue weighted by molar-refractivity contribution is 9.10. The topological polar surface area (TPSA) is 88.1 Å². The van der Waals surface area contributed by atoms with Gasteiger partial charge in [0.05, 0.1) is 24.3 Å². The van der Waals surface area contributed by atoms with E-state index in [1.807, 2.05) is 24.3 Å². The lowest BCUT2D eigenvalue weighted by Gasteiger charge is -2.26. The van der Waals surface area contributed by atoms with Gasteiger partial charge in [0.15, 0.2) is 0 Å². The summed E-state index contributed by atoms with van der Waals surface area (Å²) in [6.07, 6.45) is 1.51. The molecule has 1 amide bonds. The van der Waals surface area contributed by atoms with E-state index >= 15 is 0 Å². The number of hydrogen-bond donors (Lipinski definition) is 1. The highest BCUT2D eigenvalue weighted by Crippen LogP contribution is 2.18. The first-order valence-corrected chi connectivity index (χ1v) is 10.5. The molecule has 7 nitrogen and oxygen atoms in total.